The minimum Gasteiger partial charge on any atom is -0.349 e. The van der Waals surface area contributed by atoms with Crippen molar-refractivity contribution in [1.29, 1.82) is 0 Å². The van der Waals surface area contributed by atoms with Crippen LogP contribution in [0.5, 0.6) is 0 Å². The van der Waals surface area contributed by atoms with Crippen LogP contribution in [0.1, 0.15) is 24.4 Å². The zero-order chi connectivity index (χ0) is 17.2. The fraction of sp³-hybridized carbons (Fsp3) is 0.143. The summed E-state index contributed by atoms with van der Waals surface area (Å²) in [5, 5.41) is 5.29. The number of nitrogens with one attached hydrogen (secondary N) is 1. The molecule has 4 nitrogen and oxygen atoms in total. The number of fused-ring (bicyclic) bond motifs is 2. The SMILES string of the molecule is C[C@H](NC=O)c1nc2ccccc2n1Cc1cccc2ccccc12. The summed E-state index contributed by atoms with van der Waals surface area (Å²) in [5.74, 6) is 0.862. The van der Waals surface area contributed by atoms with Gasteiger partial charge in [-0.25, -0.2) is 4.98 Å². The van der Waals surface area contributed by atoms with E-state index >= 15 is 0 Å². The lowest BCUT2D eigenvalue weighted by molar-refractivity contribution is -0.110. The van der Waals surface area contributed by atoms with E-state index in [-0.39, 0.29) is 6.04 Å². The Labute approximate surface area is 146 Å². The fourth-order valence-electron chi connectivity index (χ4n) is 3.37. The van der Waals surface area contributed by atoms with Crippen molar-refractivity contribution in [2.45, 2.75) is 19.5 Å². The van der Waals surface area contributed by atoms with Gasteiger partial charge in [0, 0.05) is 0 Å². The van der Waals surface area contributed by atoms with Gasteiger partial charge in [-0.2, -0.15) is 0 Å². The second kappa shape index (κ2) is 6.40. The van der Waals surface area contributed by atoms with E-state index in [1.165, 1.54) is 16.3 Å². The first-order chi connectivity index (χ1) is 12.3. The summed E-state index contributed by atoms with van der Waals surface area (Å²) in [6.45, 7) is 2.66. The van der Waals surface area contributed by atoms with Gasteiger partial charge in [0.05, 0.1) is 23.6 Å². The van der Waals surface area contributed by atoms with Gasteiger partial charge in [-0.15, -0.1) is 0 Å². The van der Waals surface area contributed by atoms with Gasteiger partial charge in [-0.05, 0) is 35.4 Å². The Morgan fingerprint density at radius 2 is 1.80 bits per heavy atom. The second-order valence-corrected chi connectivity index (χ2v) is 6.19. The number of para-hydroxylation sites is 2. The highest BCUT2D eigenvalue weighted by Crippen LogP contribution is 2.25. The summed E-state index contributed by atoms with van der Waals surface area (Å²) in [6.07, 6.45) is 0.728. The molecule has 0 bridgehead atoms. The van der Waals surface area contributed by atoms with Crippen LogP contribution in [0, 0.1) is 0 Å². The summed E-state index contributed by atoms with van der Waals surface area (Å²) >= 11 is 0. The van der Waals surface area contributed by atoms with Crippen LogP contribution in [-0.4, -0.2) is 16.0 Å². The molecule has 0 aliphatic heterocycles. The van der Waals surface area contributed by atoms with E-state index in [2.05, 4.69) is 58.4 Å². The number of rotatable bonds is 5. The van der Waals surface area contributed by atoms with Crippen molar-refractivity contribution in [3.05, 3.63) is 78.1 Å². The van der Waals surface area contributed by atoms with Gasteiger partial charge >= 0.3 is 0 Å². The van der Waals surface area contributed by atoms with Gasteiger partial charge in [0.15, 0.2) is 0 Å². The number of nitrogens with zero attached hydrogens (tertiary/aromatic N) is 2. The highest BCUT2D eigenvalue weighted by atomic mass is 16.1. The van der Waals surface area contributed by atoms with Crippen LogP contribution in [0.2, 0.25) is 0 Å². The number of carbonyl (C=O) groups excluding carboxylic acids is 1. The molecule has 3 aromatic carbocycles. The molecule has 4 rings (SSSR count). The van der Waals surface area contributed by atoms with Crippen molar-refractivity contribution < 1.29 is 4.79 Å². The maximum absolute atomic E-state index is 10.9. The first-order valence-corrected chi connectivity index (χ1v) is 8.39. The minimum atomic E-state index is -0.153. The van der Waals surface area contributed by atoms with Crippen LogP contribution in [0.25, 0.3) is 21.8 Å². The molecule has 0 radical (unpaired) electrons. The molecule has 0 spiro atoms. The zero-order valence-corrected chi connectivity index (χ0v) is 14.0. The average molecular weight is 329 g/mol. The number of imidazole rings is 1. The summed E-state index contributed by atoms with van der Waals surface area (Å²) < 4.78 is 2.19. The average Bonchev–Trinajstić information content (AvgIpc) is 3.01. The molecule has 4 heteroatoms. The Hall–Kier alpha value is -3.14. The predicted molar refractivity (Wildman–Crippen MR) is 100 cm³/mol. The molecule has 0 unspecified atom stereocenters. The summed E-state index contributed by atoms with van der Waals surface area (Å²) in [7, 11) is 0. The van der Waals surface area contributed by atoms with Crippen molar-refractivity contribution in [1.82, 2.24) is 14.9 Å². The van der Waals surface area contributed by atoms with Crippen LogP contribution >= 0.6 is 0 Å². The van der Waals surface area contributed by atoms with E-state index in [1.807, 2.05) is 25.1 Å². The third-order valence-corrected chi connectivity index (χ3v) is 4.60. The molecule has 0 saturated carbocycles. The Morgan fingerprint density at radius 3 is 2.68 bits per heavy atom. The van der Waals surface area contributed by atoms with Crippen molar-refractivity contribution >= 4 is 28.2 Å². The third kappa shape index (κ3) is 2.76. The number of carbonyl (C=O) groups is 1. The van der Waals surface area contributed by atoms with Gasteiger partial charge in [0.1, 0.15) is 5.82 Å². The molecule has 4 aromatic rings. The number of hydrogen-bond acceptors (Lipinski definition) is 2. The lowest BCUT2D eigenvalue weighted by Gasteiger charge is -2.15. The van der Waals surface area contributed by atoms with E-state index in [1.54, 1.807) is 0 Å². The molecule has 0 fully saturated rings. The molecule has 0 aliphatic carbocycles. The largest absolute Gasteiger partial charge is 0.349 e. The molecule has 25 heavy (non-hydrogen) atoms. The summed E-state index contributed by atoms with van der Waals surface area (Å²) in [4.78, 5) is 15.6. The molecule has 1 atom stereocenters. The Kier molecular flexibility index (Phi) is 3.94. The maximum Gasteiger partial charge on any atom is 0.207 e. The van der Waals surface area contributed by atoms with Gasteiger partial charge in [-0.3, -0.25) is 4.79 Å². The lowest BCUT2D eigenvalue weighted by atomic mass is 10.0. The molecule has 0 saturated heterocycles. The molecule has 1 aromatic heterocycles. The number of amides is 1. The Morgan fingerprint density at radius 1 is 1.04 bits per heavy atom. The van der Waals surface area contributed by atoms with Crippen LogP contribution in [0.4, 0.5) is 0 Å². The van der Waals surface area contributed by atoms with Crippen molar-refractivity contribution in [2.24, 2.45) is 0 Å². The first kappa shape index (κ1) is 15.4. The van der Waals surface area contributed by atoms with Gasteiger partial charge in [-0.1, -0.05) is 54.6 Å². The van der Waals surface area contributed by atoms with Gasteiger partial charge < -0.3 is 9.88 Å². The maximum atomic E-state index is 10.9. The van der Waals surface area contributed by atoms with Crippen molar-refractivity contribution in [3.63, 3.8) is 0 Å². The monoisotopic (exact) mass is 329 g/mol. The highest BCUT2D eigenvalue weighted by Gasteiger charge is 2.16. The van der Waals surface area contributed by atoms with Crippen molar-refractivity contribution in [2.75, 3.05) is 0 Å². The number of hydrogen-bond donors (Lipinski definition) is 1. The standard InChI is InChI=1S/C21H19N3O/c1-15(22-14-25)21-23-19-11-4-5-12-20(19)24(21)13-17-9-6-8-16-7-2-3-10-18(16)17/h2-12,14-15H,13H2,1H3,(H,22,25)/t15-/m0/s1. The zero-order valence-electron chi connectivity index (χ0n) is 14.0. The van der Waals surface area contributed by atoms with Crippen LogP contribution in [-0.2, 0) is 11.3 Å². The molecular weight excluding hydrogens is 310 g/mol. The second-order valence-electron chi connectivity index (χ2n) is 6.19. The van der Waals surface area contributed by atoms with Crippen LogP contribution < -0.4 is 5.32 Å². The quantitative estimate of drug-likeness (QED) is 0.562. The van der Waals surface area contributed by atoms with Gasteiger partial charge in [0.25, 0.3) is 0 Å². The van der Waals surface area contributed by atoms with Crippen molar-refractivity contribution in [3.8, 4) is 0 Å². The highest BCUT2D eigenvalue weighted by molar-refractivity contribution is 5.86. The van der Waals surface area contributed by atoms with E-state index < -0.39 is 0 Å². The molecule has 0 aliphatic rings. The first-order valence-electron chi connectivity index (χ1n) is 8.39. The molecule has 124 valence electrons. The van der Waals surface area contributed by atoms with Crippen LogP contribution in [0.15, 0.2) is 66.7 Å². The van der Waals surface area contributed by atoms with Gasteiger partial charge in [0.2, 0.25) is 6.41 Å². The third-order valence-electron chi connectivity index (χ3n) is 4.60. The lowest BCUT2D eigenvalue weighted by Crippen LogP contribution is -2.20. The topological polar surface area (TPSA) is 46.9 Å². The smallest absolute Gasteiger partial charge is 0.207 e. The summed E-state index contributed by atoms with van der Waals surface area (Å²) in [5.41, 5.74) is 3.25. The number of benzene rings is 3. The minimum absolute atomic E-state index is 0.153. The molecule has 1 heterocycles. The Bertz CT molecular complexity index is 1050. The normalized spacial score (nSPS) is 12.4. The fourth-order valence-corrected chi connectivity index (χ4v) is 3.37. The predicted octanol–water partition coefficient (Wildman–Crippen LogP) is 4.04. The van der Waals surface area contributed by atoms with E-state index in [9.17, 15) is 4.79 Å². The molecule has 1 N–H and O–H groups in total. The van der Waals surface area contributed by atoms with Crippen LogP contribution in [0.3, 0.4) is 0 Å². The van der Waals surface area contributed by atoms with E-state index in [0.717, 1.165) is 23.3 Å². The number of aromatic nitrogens is 2. The summed E-state index contributed by atoms with van der Waals surface area (Å²) in [6, 6.07) is 22.7. The van der Waals surface area contributed by atoms with E-state index in [4.69, 9.17) is 4.98 Å². The molecular formula is C21H19N3O. The Balaban J connectivity index is 1.87. The molecule has 1 amide bonds. The van der Waals surface area contributed by atoms with E-state index in [0.29, 0.717) is 6.54 Å².